The van der Waals surface area contributed by atoms with E-state index in [0.717, 1.165) is 18.4 Å². The number of nitrogens with zero attached hydrogens (tertiary/aromatic N) is 1. The van der Waals surface area contributed by atoms with Gasteiger partial charge in [-0.2, -0.15) is 5.26 Å². The number of allylic oxidation sites excluding steroid dienone is 2. The van der Waals surface area contributed by atoms with E-state index < -0.39 is 0 Å². The van der Waals surface area contributed by atoms with Crippen LogP contribution in [0.2, 0.25) is 0 Å². The largest absolute Gasteiger partial charge is 0.193 e. The van der Waals surface area contributed by atoms with Crippen LogP contribution < -0.4 is 0 Å². The lowest BCUT2D eigenvalue weighted by Crippen LogP contribution is -1.97. The van der Waals surface area contributed by atoms with Gasteiger partial charge in [0.15, 0.2) is 0 Å². The van der Waals surface area contributed by atoms with Crippen LogP contribution in [0.5, 0.6) is 0 Å². The maximum absolute atomic E-state index is 8.25. The van der Waals surface area contributed by atoms with Crippen molar-refractivity contribution in [1.82, 2.24) is 0 Å². The third-order valence-corrected chi connectivity index (χ3v) is 1.40. The number of hydrogen-bond donors (Lipinski definition) is 0. The third kappa shape index (κ3) is 0.521. The number of hydrogen-bond acceptors (Lipinski definition) is 1. The normalized spacial score (nSPS) is 18.3. The van der Waals surface area contributed by atoms with Crippen molar-refractivity contribution in [2.45, 2.75) is 19.8 Å². The highest BCUT2D eigenvalue weighted by Crippen LogP contribution is 2.25. The first-order chi connectivity index (χ1) is 3.34. The topological polar surface area (TPSA) is 23.8 Å². The van der Waals surface area contributed by atoms with Gasteiger partial charge in [-0.05, 0) is 19.8 Å². The summed E-state index contributed by atoms with van der Waals surface area (Å²) in [4.78, 5) is 0. The summed E-state index contributed by atoms with van der Waals surface area (Å²) in [6.07, 6.45) is 2.16. The molecule has 0 bridgehead atoms. The van der Waals surface area contributed by atoms with Crippen molar-refractivity contribution in [3.8, 4) is 6.07 Å². The molecule has 0 spiro atoms. The second-order valence-corrected chi connectivity index (χ2v) is 1.87. The van der Waals surface area contributed by atoms with E-state index in [1.807, 2.05) is 6.92 Å². The molecule has 1 heteroatoms. The standard InChI is InChI=1S/C6H7N/c1-5-2-3-6(5)4-7/h2-3H2,1H3. The van der Waals surface area contributed by atoms with Gasteiger partial charge in [-0.25, -0.2) is 0 Å². The molecule has 1 rings (SSSR count). The average molecular weight is 93.1 g/mol. The zero-order chi connectivity index (χ0) is 5.28. The smallest absolute Gasteiger partial charge is 0.0946 e. The first-order valence-corrected chi connectivity index (χ1v) is 2.43. The Morgan fingerprint density at radius 3 is 2.29 bits per heavy atom. The van der Waals surface area contributed by atoms with Crippen molar-refractivity contribution in [3.05, 3.63) is 11.1 Å². The minimum absolute atomic E-state index is 1.00. The van der Waals surface area contributed by atoms with E-state index in [-0.39, 0.29) is 0 Å². The summed E-state index contributed by atoms with van der Waals surface area (Å²) in [5.41, 5.74) is 2.28. The molecule has 0 heterocycles. The van der Waals surface area contributed by atoms with Crippen molar-refractivity contribution in [2.24, 2.45) is 0 Å². The summed E-state index contributed by atoms with van der Waals surface area (Å²) in [7, 11) is 0. The highest BCUT2D eigenvalue weighted by molar-refractivity contribution is 5.34. The molecule has 0 fully saturated rings. The summed E-state index contributed by atoms with van der Waals surface area (Å²) < 4.78 is 0. The maximum Gasteiger partial charge on any atom is 0.0946 e. The fourth-order valence-corrected chi connectivity index (χ4v) is 0.651. The Balaban J connectivity index is 2.76. The van der Waals surface area contributed by atoms with Crippen molar-refractivity contribution >= 4 is 0 Å². The second kappa shape index (κ2) is 1.38. The van der Waals surface area contributed by atoms with Gasteiger partial charge < -0.3 is 0 Å². The van der Waals surface area contributed by atoms with Crippen molar-refractivity contribution in [2.75, 3.05) is 0 Å². The SMILES string of the molecule is CC1=C(C#N)CC1. The third-order valence-electron chi connectivity index (χ3n) is 1.40. The lowest BCUT2D eigenvalue weighted by molar-refractivity contribution is 0.831. The van der Waals surface area contributed by atoms with Crippen LogP contribution in [-0.2, 0) is 0 Å². The van der Waals surface area contributed by atoms with Crippen molar-refractivity contribution in [1.29, 1.82) is 5.26 Å². The van der Waals surface area contributed by atoms with Crippen LogP contribution >= 0.6 is 0 Å². The molecule has 1 aliphatic carbocycles. The van der Waals surface area contributed by atoms with Gasteiger partial charge in [0.05, 0.1) is 6.07 Å². The van der Waals surface area contributed by atoms with Gasteiger partial charge in [0.2, 0.25) is 0 Å². The van der Waals surface area contributed by atoms with Gasteiger partial charge in [0.1, 0.15) is 0 Å². The molecule has 0 aromatic carbocycles. The fraction of sp³-hybridized carbons (Fsp3) is 0.500. The Kier molecular flexibility index (Phi) is 0.867. The lowest BCUT2D eigenvalue weighted by Gasteiger charge is -2.12. The Hall–Kier alpha value is -0.770. The van der Waals surface area contributed by atoms with Crippen LogP contribution in [0.15, 0.2) is 11.1 Å². The van der Waals surface area contributed by atoms with Crippen LogP contribution in [0.4, 0.5) is 0 Å². The minimum Gasteiger partial charge on any atom is -0.193 e. The molecule has 36 valence electrons. The zero-order valence-electron chi connectivity index (χ0n) is 4.36. The summed E-state index contributed by atoms with van der Waals surface area (Å²) in [5.74, 6) is 0. The summed E-state index contributed by atoms with van der Waals surface area (Å²) in [6.45, 7) is 2.02. The molecule has 0 aromatic rings. The van der Waals surface area contributed by atoms with Crippen LogP contribution in [-0.4, -0.2) is 0 Å². The molecule has 0 saturated carbocycles. The van der Waals surface area contributed by atoms with E-state index in [4.69, 9.17) is 5.26 Å². The summed E-state index contributed by atoms with van der Waals surface area (Å²) >= 11 is 0. The van der Waals surface area contributed by atoms with E-state index in [1.54, 1.807) is 0 Å². The number of nitriles is 1. The Labute approximate surface area is 43.3 Å². The highest BCUT2D eigenvalue weighted by Gasteiger charge is 2.10. The van der Waals surface area contributed by atoms with E-state index in [1.165, 1.54) is 5.57 Å². The molecule has 0 radical (unpaired) electrons. The van der Waals surface area contributed by atoms with E-state index in [0.29, 0.717) is 0 Å². The molecule has 0 atom stereocenters. The second-order valence-electron chi connectivity index (χ2n) is 1.87. The Morgan fingerprint density at radius 2 is 2.29 bits per heavy atom. The van der Waals surface area contributed by atoms with E-state index in [9.17, 15) is 0 Å². The minimum atomic E-state index is 1.00. The predicted octanol–water partition coefficient (Wildman–Crippen LogP) is 1.62. The van der Waals surface area contributed by atoms with Gasteiger partial charge in [0, 0.05) is 5.57 Å². The predicted molar refractivity (Wildman–Crippen MR) is 27.5 cm³/mol. The summed E-state index contributed by atoms with van der Waals surface area (Å²) in [6, 6.07) is 2.13. The molecule has 0 amide bonds. The molecule has 0 aromatic heterocycles. The molecule has 0 N–H and O–H groups in total. The zero-order valence-corrected chi connectivity index (χ0v) is 4.36. The van der Waals surface area contributed by atoms with E-state index in [2.05, 4.69) is 6.07 Å². The highest BCUT2D eigenvalue weighted by atomic mass is 14.3. The Bertz CT molecular complexity index is 148. The quantitative estimate of drug-likeness (QED) is 0.446. The van der Waals surface area contributed by atoms with Gasteiger partial charge in [-0.15, -0.1) is 0 Å². The molecular formula is C6H7N. The molecule has 0 unspecified atom stereocenters. The lowest BCUT2D eigenvalue weighted by atomic mass is 9.91. The average Bonchev–Trinajstić information content (AvgIpc) is 1.65. The molecule has 0 saturated heterocycles. The molecule has 0 aliphatic heterocycles. The van der Waals surface area contributed by atoms with Gasteiger partial charge in [0.25, 0.3) is 0 Å². The van der Waals surface area contributed by atoms with Gasteiger partial charge in [-0.1, -0.05) is 5.57 Å². The van der Waals surface area contributed by atoms with Gasteiger partial charge >= 0.3 is 0 Å². The van der Waals surface area contributed by atoms with Gasteiger partial charge in [-0.3, -0.25) is 0 Å². The van der Waals surface area contributed by atoms with E-state index >= 15 is 0 Å². The Morgan fingerprint density at radius 1 is 1.57 bits per heavy atom. The van der Waals surface area contributed by atoms with Crippen LogP contribution in [0.1, 0.15) is 19.8 Å². The molecule has 1 nitrogen and oxygen atoms in total. The summed E-state index contributed by atoms with van der Waals surface area (Å²) in [5, 5.41) is 8.25. The maximum atomic E-state index is 8.25. The molecule has 1 aliphatic rings. The molecule has 7 heavy (non-hydrogen) atoms. The first kappa shape index (κ1) is 4.39. The van der Waals surface area contributed by atoms with Crippen molar-refractivity contribution in [3.63, 3.8) is 0 Å². The molecular weight excluding hydrogens is 86.1 g/mol. The van der Waals surface area contributed by atoms with Crippen LogP contribution in [0.25, 0.3) is 0 Å². The van der Waals surface area contributed by atoms with Crippen molar-refractivity contribution < 1.29 is 0 Å². The number of rotatable bonds is 0. The van der Waals surface area contributed by atoms with Crippen LogP contribution in [0.3, 0.4) is 0 Å². The van der Waals surface area contributed by atoms with Crippen LogP contribution in [0, 0.1) is 11.3 Å². The fourth-order valence-electron chi connectivity index (χ4n) is 0.651. The first-order valence-electron chi connectivity index (χ1n) is 2.43. The monoisotopic (exact) mass is 93.1 g/mol.